The summed E-state index contributed by atoms with van der Waals surface area (Å²) in [6.07, 6.45) is 3.16. The van der Waals surface area contributed by atoms with Crippen molar-refractivity contribution in [3.8, 4) is 0 Å². The molecule has 6 nitrogen and oxygen atoms in total. The van der Waals surface area contributed by atoms with Crippen molar-refractivity contribution in [2.75, 3.05) is 6.54 Å². The fourth-order valence-electron chi connectivity index (χ4n) is 2.75. The number of benzene rings is 1. The van der Waals surface area contributed by atoms with Crippen LogP contribution in [0, 0.1) is 0 Å². The number of rotatable bonds is 8. The van der Waals surface area contributed by atoms with Crippen LogP contribution in [-0.4, -0.2) is 40.6 Å². The molecule has 2 unspecified atom stereocenters. The van der Waals surface area contributed by atoms with Gasteiger partial charge in [-0.15, -0.1) is 0 Å². The Labute approximate surface area is 141 Å². The molecule has 0 saturated carbocycles. The summed E-state index contributed by atoms with van der Waals surface area (Å²) in [5.41, 5.74) is 1.96. The predicted molar refractivity (Wildman–Crippen MR) is 93.5 cm³/mol. The maximum atomic E-state index is 12.4. The number of aromatic amines is 1. The Morgan fingerprint density at radius 1 is 1.29 bits per heavy atom. The lowest BCUT2D eigenvalue weighted by atomic mass is 10.0. The second-order valence-corrected chi connectivity index (χ2v) is 6.00. The Morgan fingerprint density at radius 2 is 2.04 bits per heavy atom. The quantitative estimate of drug-likeness (QED) is 0.590. The molecular formula is C18H25N3O3. The Kier molecular flexibility index (Phi) is 6.37. The van der Waals surface area contributed by atoms with E-state index >= 15 is 0 Å². The Bertz CT molecular complexity index is 696. The van der Waals surface area contributed by atoms with Gasteiger partial charge in [-0.1, -0.05) is 31.5 Å². The first kappa shape index (κ1) is 18.0. The van der Waals surface area contributed by atoms with Gasteiger partial charge >= 0.3 is 0 Å². The first-order chi connectivity index (χ1) is 11.5. The van der Waals surface area contributed by atoms with Gasteiger partial charge in [-0.2, -0.15) is 0 Å². The van der Waals surface area contributed by atoms with Crippen LogP contribution in [0.4, 0.5) is 0 Å². The number of nitrogens with one attached hydrogen (secondary N) is 3. The van der Waals surface area contributed by atoms with Gasteiger partial charge in [0, 0.05) is 37.0 Å². The third-order valence-electron chi connectivity index (χ3n) is 3.93. The van der Waals surface area contributed by atoms with Gasteiger partial charge in [-0.25, -0.2) is 0 Å². The van der Waals surface area contributed by atoms with Crippen molar-refractivity contribution in [1.29, 1.82) is 0 Å². The number of aromatic nitrogens is 1. The number of carbonyl (C=O) groups is 2. The number of aliphatic hydroxyl groups excluding tert-OH is 1. The van der Waals surface area contributed by atoms with Crippen LogP contribution in [0.25, 0.3) is 10.9 Å². The highest BCUT2D eigenvalue weighted by Crippen LogP contribution is 2.19. The zero-order chi connectivity index (χ0) is 17.5. The molecule has 0 bridgehead atoms. The Balaban J connectivity index is 2.07. The molecule has 130 valence electrons. The van der Waals surface area contributed by atoms with Crippen molar-refractivity contribution in [3.05, 3.63) is 36.0 Å². The molecule has 1 heterocycles. The number of para-hydroxylation sites is 1. The number of amides is 2. The van der Waals surface area contributed by atoms with Crippen LogP contribution in [-0.2, 0) is 16.0 Å². The highest BCUT2D eigenvalue weighted by Gasteiger charge is 2.21. The maximum Gasteiger partial charge on any atom is 0.243 e. The van der Waals surface area contributed by atoms with Crippen molar-refractivity contribution < 1.29 is 14.7 Å². The lowest BCUT2D eigenvalue weighted by molar-refractivity contribution is -0.128. The van der Waals surface area contributed by atoms with Gasteiger partial charge in [0.2, 0.25) is 11.8 Å². The third kappa shape index (κ3) is 4.83. The standard InChI is InChI=1S/C18H25N3O3/c1-3-6-14(23)11-20-18(24)17(21-12(2)22)9-13-10-19-16-8-5-4-7-15(13)16/h4-5,7-8,10,14,17,19,23H,3,6,9,11H2,1-2H3,(H,20,24)(H,21,22). The Hall–Kier alpha value is -2.34. The van der Waals surface area contributed by atoms with E-state index in [9.17, 15) is 14.7 Å². The summed E-state index contributed by atoms with van der Waals surface area (Å²) in [4.78, 5) is 27.0. The molecule has 2 amide bonds. The van der Waals surface area contributed by atoms with Crippen LogP contribution >= 0.6 is 0 Å². The first-order valence-electron chi connectivity index (χ1n) is 8.29. The fourth-order valence-corrected chi connectivity index (χ4v) is 2.75. The molecule has 4 N–H and O–H groups in total. The summed E-state index contributed by atoms with van der Waals surface area (Å²) in [6.45, 7) is 3.56. The maximum absolute atomic E-state index is 12.4. The lowest BCUT2D eigenvalue weighted by Crippen LogP contribution is -2.48. The molecule has 0 aliphatic rings. The minimum atomic E-state index is -0.671. The van der Waals surface area contributed by atoms with Crippen molar-refractivity contribution >= 4 is 22.7 Å². The third-order valence-corrected chi connectivity index (χ3v) is 3.93. The monoisotopic (exact) mass is 331 g/mol. The molecule has 24 heavy (non-hydrogen) atoms. The summed E-state index contributed by atoms with van der Waals surface area (Å²) >= 11 is 0. The minimum Gasteiger partial charge on any atom is -0.391 e. The summed E-state index contributed by atoms with van der Waals surface area (Å²) < 4.78 is 0. The molecule has 0 fully saturated rings. The number of hydrogen-bond acceptors (Lipinski definition) is 3. The van der Waals surface area contributed by atoms with Crippen molar-refractivity contribution in [1.82, 2.24) is 15.6 Å². The van der Waals surface area contributed by atoms with Gasteiger partial charge in [0.25, 0.3) is 0 Å². The molecule has 0 aliphatic carbocycles. The molecule has 1 aromatic heterocycles. The second-order valence-electron chi connectivity index (χ2n) is 6.00. The normalized spacial score (nSPS) is 13.5. The zero-order valence-electron chi connectivity index (χ0n) is 14.1. The number of carbonyl (C=O) groups excluding carboxylic acids is 2. The molecule has 0 spiro atoms. The fraction of sp³-hybridized carbons (Fsp3) is 0.444. The molecule has 2 aromatic rings. The number of hydrogen-bond donors (Lipinski definition) is 4. The minimum absolute atomic E-state index is 0.191. The van der Waals surface area contributed by atoms with Gasteiger partial charge < -0.3 is 20.7 Å². The molecule has 0 radical (unpaired) electrons. The van der Waals surface area contributed by atoms with Crippen molar-refractivity contribution in [2.24, 2.45) is 0 Å². The number of fused-ring (bicyclic) bond motifs is 1. The van der Waals surface area contributed by atoms with E-state index in [1.807, 2.05) is 37.4 Å². The van der Waals surface area contributed by atoms with Crippen molar-refractivity contribution in [2.45, 2.75) is 45.3 Å². The van der Waals surface area contributed by atoms with E-state index in [1.54, 1.807) is 0 Å². The van der Waals surface area contributed by atoms with Gasteiger partial charge in [0.15, 0.2) is 0 Å². The van der Waals surface area contributed by atoms with E-state index < -0.39 is 12.1 Å². The molecule has 2 atom stereocenters. The van der Waals surface area contributed by atoms with Crippen LogP contribution in [0.1, 0.15) is 32.3 Å². The highest BCUT2D eigenvalue weighted by atomic mass is 16.3. The van der Waals surface area contributed by atoms with Gasteiger partial charge in [-0.3, -0.25) is 9.59 Å². The molecule has 6 heteroatoms. The average Bonchev–Trinajstić information content (AvgIpc) is 2.95. The van der Waals surface area contributed by atoms with Gasteiger partial charge in [-0.05, 0) is 18.1 Å². The largest absolute Gasteiger partial charge is 0.391 e. The van der Waals surface area contributed by atoms with Crippen LogP contribution < -0.4 is 10.6 Å². The topological polar surface area (TPSA) is 94.2 Å². The van der Waals surface area contributed by atoms with E-state index in [4.69, 9.17) is 0 Å². The van der Waals surface area contributed by atoms with Gasteiger partial charge in [0.1, 0.15) is 6.04 Å². The lowest BCUT2D eigenvalue weighted by Gasteiger charge is -2.19. The SMILES string of the molecule is CCCC(O)CNC(=O)C(Cc1c[nH]c2ccccc12)NC(C)=O. The second kappa shape index (κ2) is 8.49. The first-order valence-corrected chi connectivity index (χ1v) is 8.29. The number of H-pyrrole nitrogens is 1. The van der Waals surface area contributed by atoms with Crippen LogP contribution in [0.15, 0.2) is 30.5 Å². The summed E-state index contributed by atoms with van der Waals surface area (Å²) in [5, 5.41) is 16.2. The smallest absolute Gasteiger partial charge is 0.243 e. The van der Waals surface area contributed by atoms with E-state index in [1.165, 1.54) is 6.92 Å². The van der Waals surface area contributed by atoms with E-state index in [0.717, 1.165) is 22.9 Å². The summed E-state index contributed by atoms with van der Waals surface area (Å²) in [5.74, 6) is -0.547. The average molecular weight is 331 g/mol. The summed E-state index contributed by atoms with van der Waals surface area (Å²) in [7, 11) is 0. The number of aliphatic hydroxyl groups is 1. The van der Waals surface area contributed by atoms with Crippen LogP contribution in [0.2, 0.25) is 0 Å². The van der Waals surface area contributed by atoms with Crippen molar-refractivity contribution in [3.63, 3.8) is 0 Å². The van der Waals surface area contributed by atoms with Crippen LogP contribution in [0.3, 0.4) is 0 Å². The van der Waals surface area contributed by atoms with E-state index in [2.05, 4.69) is 15.6 Å². The predicted octanol–water partition coefficient (Wildman–Crippen LogP) is 1.49. The van der Waals surface area contributed by atoms with E-state index in [0.29, 0.717) is 12.8 Å². The van der Waals surface area contributed by atoms with Crippen LogP contribution in [0.5, 0.6) is 0 Å². The molecule has 0 aliphatic heterocycles. The molecule has 0 saturated heterocycles. The molecule has 2 rings (SSSR count). The zero-order valence-corrected chi connectivity index (χ0v) is 14.1. The van der Waals surface area contributed by atoms with Gasteiger partial charge in [0.05, 0.1) is 6.10 Å². The molecular weight excluding hydrogens is 306 g/mol. The Morgan fingerprint density at radius 3 is 2.75 bits per heavy atom. The van der Waals surface area contributed by atoms with E-state index in [-0.39, 0.29) is 18.4 Å². The highest BCUT2D eigenvalue weighted by molar-refractivity contribution is 5.89. The molecule has 1 aromatic carbocycles. The summed E-state index contributed by atoms with van der Waals surface area (Å²) in [6, 6.07) is 7.15.